The Bertz CT molecular complexity index is 1040. The Morgan fingerprint density at radius 2 is 1.80 bits per heavy atom. The number of rotatable bonds is 5. The lowest BCUT2D eigenvalue weighted by molar-refractivity contribution is 0.0725. The molecule has 1 saturated heterocycles. The van der Waals surface area contributed by atoms with Gasteiger partial charge in [-0.2, -0.15) is 0 Å². The number of amides is 1. The highest BCUT2D eigenvalue weighted by atomic mass is 35.5. The molecule has 1 fully saturated rings. The fourth-order valence-corrected chi connectivity index (χ4v) is 3.89. The van der Waals surface area contributed by atoms with E-state index in [1.807, 2.05) is 47.0 Å². The van der Waals surface area contributed by atoms with Crippen LogP contribution in [0.2, 0.25) is 0 Å². The Hall–Kier alpha value is -2.93. The number of carbonyl (C=O) groups excluding carboxylic acids is 1. The number of anilines is 2. The molecule has 0 saturated carbocycles. The Morgan fingerprint density at radius 1 is 1.07 bits per heavy atom. The molecule has 8 heteroatoms. The van der Waals surface area contributed by atoms with Crippen molar-refractivity contribution in [3.05, 3.63) is 42.2 Å². The maximum atomic E-state index is 13.1. The molecule has 1 aliphatic heterocycles. The third-order valence-corrected chi connectivity index (χ3v) is 5.43. The van der Waals surface area contributed by atoms with E-state index >= 15 is 0 Å². The zero-order valence-corrected chi connectivity index (χ0v) is 18.3. The molecule has 1 amide bonds. The number of carbonyl (C=O) groups is 1. The van der Waals surface area contributed by atoms with Gasteiger partial charge in [-0.15, -0.1) is 12.4 Å². The normalized spacial score (nSPS) is 13.6. The number of ether oxygens (including phenoxy) is 2. The summed E-state index contributed by atoms with van der Waals surface area (Å²) < 4.78 is 12.7. The van der Waals surface area contributed by atoms with Crippen molar-refractivity contribution in [3.8, 4) is 11.5 Å². The Labute approximate surface area is 182 Å². The van der Waals surface area contributed by atoms with Gasteiger partial charge < -0.3 is 24.3 Å². The number of hydrogen-bond acceptors (Lipinski definition) is 5. The SMILES string of the molecule is COc1ccc(Nc2ncc(C(=O)N3CCCCC3)c3c2ccn3C)cc1OC.Cl. The second-order valence-corrected chi connectivity index (χ2v) is 7.26. The quantitative estimate of drug-likeness (QED) is 0.650. The third kappa shape index (κ3) is 4.03. The Balaban J connectivity index is 0.00000256. The van der Waals surface area contributed by atoms with Gasteiger partial charge in [0.15, 0.2) is 11.5 Å². The van der Waals surface area contributed by atoms with Crippen LogP contribution in [0.3, 0.4) is 0 Å². The first-order valence-electron chi connectivity index (χ1n) is 9.84. The van der Waals surface area contributed by atoms with Crippen LogP contribution in [0.25, 0.3) is 10.9 Å². The number of hydrogen-bond donors (Lipinski definition) is 1. The lowest BCUT2D eigenvalue weighted by atomic mass is 10.1. The molecule has 160 valence electrons. The maximum Gasteiger partial charge on any atom is 0.257 e. The number of pyridine rings is 1. The van der Waals surface area contributed by atoms with Crippen LogP contribution in [0.15, 0.2) is 36.7 Å². The minimum atomic E-state index is 0. The van der Waals surface area contributed by atoms with Gasteiger partial charge in [-0.3, -0.25) is 4.79 Å². The molecule has 1 aromatic carbocycles. The van der Waals surface area contributed by atoms with E-state index in [0.717, 1.165) is 42.5 Å². The Kier molecular flexibility index (Phi) is 6.72. The molecular weight excluding hydrogens is 404 g/mol. The van der Waals surface area contributed by atoms with Crippen LogP contribution < -0.4 is 14.8 Å². The molecule has 0 aliphatic carbocycles. The number of nitrogens with zero attached hydrogens (tertiary/aromatic N) is 3. The van der Waals surface area contributed by atoms with Crippen molar-refractivity contribution < 1.29 is 14.3 Å². The highest BCUT2D eigenvalue weighted by Crippen LogP contribution is 2.33. The standard InChI is InChI=1S/C22H26N4O3.ClH/c1-25-12-9-16-20(25)17(22(27)26-10-5-4-6-11-26)14-23-21(16)24-15-7-8-18(28-2)19(13-15)29-3;/h7-9,12-14H,4-6,10-11H2,1-3H3,(H,23,24);1H. The zero-order chi connectivity index (χ0) is 20.4. The summed E-state index contributed by atoms with van der Waals surface area (Å²) in [4.78, 5) is 19.6. The van der Waals surface area contributed by atoms with E-state index in [-0.39, 0.29) is 18.3 Å². The Morgan fingerprint density at radius 3 is 2.50 bits per heavy atom. The van der Waals surface area contributed by atoms with E-state index in [2.05, 4.69) is 10.3 Å². The maximum absolute atomic E-state index is 13.1. The topological polar surface area (TPSA) is 68.6 Å². The molecule has 0 unspecified atom stereocenters. The lowest BCUT2D eigenvalue weighted by Crippen LogP contribution is -2.35. The predicted octanol–water partition coefficient (Wildman–Crippen LogP) is 4.38. The molecular formula is C22H27ClN4O3. The molecule has 0 bridgehead atoms. The molecule has 1 aliphatic rings. The number of aromatic nitrogens is 2. The smallest absolute Gasteiger partial charge is 0.257 e. The fourth-order valence-electron chi connectivity index (χ4n) is 3.89. The number of likely N-dealkylation sites (tertiary alicyclic amines) is 1. The molecule has 0 atom stereocenters. The van der Waals surface area contributed by atoms with Crippen molar-refractivity contribution in [3.63, 3.8) is 0 Å². The van der Waals surface area contributed by atoms with Crippen molar-refractivity contribution in [2.24, 2.45) is 7.05 Å². The monoisotopic (exact) mass is 430 g/mol. The molecule has 0 spiro atoms. The second-order valence-electron chi connectivity index (χ2n) is 7.26. The number of fused-ring (bicyclic) bond motifs is 1. The molecule has 0 radical (unpaired) electrons. The third-order valence-electron chi connectivity index (χ3n) is 5.43. The van der Waals surface area contributed by atoms with Gasteiger partial charge in [-0.05, 0) is 37.5 Å². The second kappa shape index (κ2) is 9.26. The van der Waals surface area contributed by atoms with Crippen molar-refractivity contribution in [2.45, 2.75) is 19.3 Å². The van der Waals surface area contributed by atoms with Crippen LogP contribution in [-0.4, -0.2) is 47.7 Å². The first-order valence-corrected chi connectivity index (χ1v) is 9.84. The average molecular weight is 431 g/mol. The summed E-state index contributed by atoms with van der Waals surface area (Å²) in [5.74, 6) is 2.06. The molecule has 3 aromatic rings. The van der Waals surface area contributed by atoms with Gasteiger partial charge in [0.2, 0.25) is 0 Å². The number of halogens is 1. The van der Waals surface area contributed by atoms with Crippen molar-refractivity contribution in [2.75, 3.05) is 32.6 Å². The molecule has 1 N–H and O–H groups in total. The van der Waals surface area contributed by atoms with Gasteiger partial charge in [0.25, 0.3) is 5.91 Å². The summed E-state index contributed by atoms with van der Waals surface area (Å²) in [5, 5.41) is 4.25. The van der Waals surface area contributed by atoms with Crippen molar-refractivity contribution in [1.29, 1.82) is 0 Å². The molecule has 2 aromatic heterocycles. The van der Waals surface area contributed by atoms with Crippen LogP contribution in [-0.2, 0) is 7.05 Å². The first kappa shape index (κ1) is 21.8. The minimum Gasteiger partial charge on any atom is -0.493 e. The van der Waals surface area contributed by atoms with Gasteiger partial charge in [0, 0.05) is 49.7 Å². The van der Waals surface area contributed by atoms with Gasteiger partial charge in [0.05, 0.1) is 25.3 Å². The van der Waals surface area contributed by atoms with E-state index < -0.39 is 0 Å². The summed E-state index contributed by atoms with van der Waals surface area (Å²) in [6.07, 6.45) is 6.96. The van der Waals surface area contributed by atoms with E-state index in [1.165, 1.54) is 6.42 Å². The summed E-state index contributed by atoms with van der Waals surface area (Å²) >= 11 is 0. The number of nitrogens with one attached hydrogen (secondary N) is 1. The average Bonchev–Trinajstić information content (AvgIpc) is 3.16. The van der Waals surface area contributed by atoms with Crippen LogP contribution >= 0.6 is 12.4 Å². The van der Waals surface area contributed by atoms with E-state index in [4.69, 9.17) is 9.47 Å². The van der Waals surface area contributed by atoms with Gasteiger partial charge in [-0.1, -0.05) is 0 Å². The number of benzene rings is 1. The summed E-state index contributed by atoms with van der Waals surface area (Å²) in [6, 6.07) is 7.60. The first-order chi connectivity index (χ1) is 14.1. The zero-order valence-electron chi connectivity index (χ0n) is 17.5. The van der Waals surface area contributed by atoms with E-state index in [0.29, 0.717) is 22.9 Å². The fraction of sp³-hybridized carbons (Fsp3) is 0.364. The molecule has 7 nitrogen and oxygen atoms in total. The predicted molar refractivity (Wildman–Crippen MR) is 121 cm³/mol. The minimum absolute atomic E-state index is 0. The van der Waals surface area contributed by atoms with Crippen LogP contribution in [0.5, 0.6) is 11.5 Å². The van der Waals surface area contributed by atoms with Gasteiger partial charge in [-0.25, -0.2) is 4.98 Å². The highest BCUT2D eigenvalue weighted by molar-refractivity contribution is 6.08. The van der Waals surface area contributed by atoms with Crippen LogP contribution in [0.4, 0.5) is 11.5 Å². The van der Waals surface area contributed by atoms with Crippen molar-refractivity contribution >= 4 is 40.7 Å². The van der Waals surface area contributed by atoms with E-state index in [1.54, 1.807) is 20.4 Å². The van der Waals surface area contributed by atoms with Gasteiger partial charge >= 0.3 is 0 Å². The van der Waals surface area contributed by atoms with Crippen LogP contribution in [0, 0.1) is 0 Å². The molecule has 30 heavy (non-hydrogen) atoms. The molecule has 3 heterocycles. The number of aryl methyl sites for hydroxylation is 1. The van der Waals surface area contributed by atoms with Crippen molar-refractivity contribution in [1.82, 2.24) is 14.5 Å². The van der Waals surface area contributed by atoms with Gasteiger partial charge in [0.1, 0.15) is 5.82 Å². The summed E-state index contributed by atoms with van der Waals surface area (Å²) in [6.45, 7) is 1.63. The summed E-state index contributed by atoms with van der Waals surface area (Å²) in [5.41, 5.74) is 2.36. The highest BCUT2D eigenvalue weighted by Gasteiger charge is 2.23. The number of piperidine rings is 1. The molecule has 4 rings (SSSR count). The lowest BCUT2D eigenvalue weighted by Gasteiger charge is -2.27. The largest absolute Gasteiger partial charge is 0.493 e. The van der Waals surface area contributed by atoms with E-state index in [9.17, 15) is 4.79 Å². The number of methoxy groups -OCH3 is 2. The summed E-state index contributed by atoms with van der Waals surface area (Å²) in [7, 11) is 5.17. The van der Waals surface area contributed by atoms with Crippen LogP contribution in [0.1, 0.15) is 29.6 Å².